The third-order valence-corrected chi connectivity index (χ3v) is 3.52. The van der Waals surface area contributed by atoms with Crippen molar-refractivity contribution in [2.45, 2.75) is 31.6 Å². The second kappa shape index (κ2) is 3.90. The second-order valence-electron chi connectivity index (χ2n) is 2.99. The van der Waals surface area contributed by atoms with E-state index >= 15 is 0 Å². The first-order valence-electron chi connectivity index (χ1n) is 4.41. The van der Waals surface area contributed by atoms with E-state index in [-0.39, 0.29) is 4.90 Å². The Morgan fingerprint density at radius 2 is 1.93 bits per heavy atom. The fourth-order valence-electron chi connectivity index (χ4n) is 1.50. The van der Waals surface area contributed by atoms with Gasteiger partial charge in [0, 0.05) is 17.7 Å². The summed E-state index contributed by atoms with van der Waals surface area (Å²) in [6.45, 7) is 3.73. The summed E-state index contributed by atoms with van der Waals surface area (Å²) in [6.07, 6.45) is 1.17. The monoisotopic (exact) mass is 236 g/mol. The number of hydrogen-bond acceptors (Lipinski definition) is 3. The van der Waals surface area contributed by atoms with E-state index in [0.29, 0.717) is 24.2 Å². The SMILES string of the molecule is CCc1nn(C)c(CC)c1S(=O)(=O)Cl. The highest BCUT2D eigenvalue weighted by atomic mass is 35.7. The minimum Gasteiger partial charge on any atom is -0.271 e. The number of nitrogens with zero attached hydrogens (tertiary/aromatic N) is 2. The molecular weight excluding hydrogens is 224 g/mol. The average Bonchev–Trinajstić information content (AvgIpc) is 2.40. The zero-order valence-electron chi connectivity index (χ0n) is 8.41. The van der Waals surface area contributed by atoms with Gasteiger partial charge in [-0.3, -0.25) is 4.68 Å². The van der Waals surface area contributed by atoms with Crippen molar-refractivity contribution in [3.8, 4) is 0 Å². The van der Waals surface area contributed by atoms with E-state index in [1.165, 1.54) is 0 Å². The summed E-state index contributed by atoms with van der Waals surface area (Å²) < 4.78 is 24.2. The summed E-state index contributed by atoms with van der Waals surface area (Å²) in [5.74, 6) is 0. The minimum absolute atomic E-state index is 0.187. The fraction of sp³-hybridized carbons (Fsp3) is 0.625. The Morgan fingerprint density at radius 1 is 1.36 bits per heavy atom. The van der Waals surface area contributed by atoms with Crippen LogP contribution in [0.3, 0.4) is 0 Å². The molecule has 0 amide bonds. The van der Waals surface area contributed by atoms with Gasteiger partial charge in [-0.05, 0) is 12.8 Å². The van der Waals surface area contributed by atoms with Crippen LogP contribution in [0.4, 0.5) is 0 Å². The molecule has 0 radical (unpaired) electrons. The van der Waals surface area contributed by atoms with Crippen LogP contribution < -0.4 is 0 Å². The Balaban J connectivity index is 3.52. The van der Waals surface area contributed by atoms with Crippen LogP contribution in [0.2, 0.25) is 0 Å². The summed E-state index contributed by atoms with van der Waals surface area (Å²) in [4.78, 5) is 0.187. The fourth-order valence-corrected chi connectivity index (χ4v) is 3.06. The van der Waals surface area contributed by atoms with Crippen LogP contribution in [0.25, 0.3) is 0 Å². The second-order valence-corrected chi connectivity index (χ2v) is 5.49. The maximum Gasteiger partial charge on any atom is 0.264 e. The molecule has 0 unspecified atom stereocenters. The third kappa shape index (κ3) is 1.93. The lowest BCUT2D eigenvalue weighted by Crippen LogP contribution is -2.00. The Morgan fingerprint density at radius 3 is 2.29 bits per heavy atom. The van der Waals surface area contributed by atoms with Crippen LogP contribution >= 0.6 is 10.7 Å². The Kier molecular flexibility index (Phi) is 3.21. The number of halogens is 1. The summed E-state index contributed by atoms with van der Waals surface area (Å²) >= 11 is 0. The first kappa shape index (κ1) is 11.5. The number of hydrogen-bond donors (Lipinski definition) is 0. The normalized spacial score (nSPS) is 12.0. The van der Waals surface area contributed by atoms with Crippen molar-refractivity contribution in [1.82, 2.24) is 9.78 Å². The van der Waals surface area contributed by atoms with E-state index in [1.54, 1.807) is 11.7 Å². The van der Waals surface area contributed by atoms with Crippen molar-refractivity contribution in [2.24, 2.45) is 7.05 Å². The van der Waals surface area contributed by atoms with Crippen molar-refractivity contribution in [3.63, 3.8) is 0 Å². The van der Waals surface area contributed by atoms with Crippen LogP contribution in [0.5, 0.6) is 0 Å². The molecule has 0 N–H and O–H groups in total. The number of aromatic nitrogens is 2. The molecule has 0 saturated heterocycles. The molecule has 0 fully saturated rings. The van der Waals surface area contributed by atoms with E-state index in [4.69, 9.17) is 10.7 Å². The van der Waals surface area contributed by atoms with E-state index in [0.717, 1.165) is 0 Å². The maximum atomic E-state index is 11.3. The average molecular weight is 237 g/mol. The lowest BCUT2D eigenvalue weighted by molar-refractivity contribution is 0.607. The predicted molar refractivity (Wildman–Crippen MR) is 55.0 cm³/mol. The number of rotatable bonds is 3. The standard InChI is InChI=1S/C8H13ClN2O2S/c1-4-6-8(14(9,12)13)7(5-2)11(3)10-6/h4-5H2,1-3H3. The van der Waals surface area contributed by atoms with Crippen LogP contribution in [0, 0.1) is 0 Å². The molecule has 0 bridgehead atoms. The molecule has 14 heavy (non-hydrogen) atoms. The minimum atomic E-state index is -3.68. The molecule has 1 aromatic rings. The van der Waals surface area contributed by atoms with Crippen LogP contribution in [-0.2, 0) is 28.9 Å². The zero-order chi connectivity index (χ0) is 10.9. The highest BCUT2D eigenvalue weighted by molar-refractivity contribution is 8.13. The van der Waals surface area contributed by atoms with Crippen LogP contribution in [0.15, 0.2) is 4.90 Å². The first-order valence-corrected chi connectivity index (χ1v) is 6.72. The third-order valence-electron chi connectivity index (χ3n) is 2.10. The van der Waals surface area contributed by atoms with Crippen molar-refractivity contribution < 1.29 is 8.42 Å². The zero-order valence-corrected chi connectivity index (χ0v) is 9.98. The molecule has 0 spiro atoms. The molecule has 0 aliphatic rings. The van der Waals surface area contributed by atoms with Crippen molar-refractivity contribution in [1.29, 1.82) is 0 Å². The van der Waals surface area contributed by atoms with E-state index < -0.39 is 9.05 Å². The van der Waals surface area contributed by atoms with Gasteiger partial charge >= 0.3 is 0 Å². The first-order chi connectivity index (χ1) is 6.41. The van der Waals surface area contributed by atoms with Gasteiger partial charge in [-0.15, -0.1) is 0 Å². The summed E-state index contributed by atoms with van der Waals surface area (Å²) in [7, 11) is 3.41. The highest BCUT2D eigenvalue weighted by Crippen LogP contribution is 2.24. The van der Waals surface area contributed by atoms with Crippen LogP contribution in [0.1, 0.15) is 25.2 Å². The van der Waals surface area contributed by atoms with E-state index in [1.807, 2.05) is 13.8 Å². The smallest absolute Gasteiger partial charge is 0.264 e. The Bertz CT molecular complexity index is 436. The molecule has 4 nitrogen and oxygen atoms in total. The van der Waals surface area contributed by atoms with Gasteiger partial charge in [-0.25, -0.2) is 8.42 Å². The van der Waals surface area contributed by atoms with Crippen molar-refractivity contribution in [2.75, 3.05) is 0 Å². The highest BCUT2D eigenvalue weighted by Gasteiger charge is 2.23. The molecule has 0 atom stereocenters. The van der Waals surface area contributed by atoms with Gasteiger partial charge in [0.05, 0.1) is 11.4 Å². The van der Waals surface area contributed by atoms with Gasteiger partial charge in [-0.1, -0.05) is 13.8 Å². The largest absolute Gasteiger partial charge is 0.271 e. The van der Waals surface area contributed by atoms with Gasteiger partial charge < -0.3 is 0 Å². The Hall–Kier alpha value is -0.550. The quantitative estimate of drug-likeness (QED) is 0.747. The molecule has 0 aliphatic heterocycles. The summed E-state index contributed by atoms with van der Waals surface area (Å²) in [5, 5.41) is 4.12. The summed E-state index contributed by atoms with van der Waals surface area (Å²) in [6, 6.07) is 0. The molecule has 80 valence electrons. The molecule has 0 saturated carbocycles. The maximum absolute atomic E-state index is 11.3. The van der Waals surface area contributed by atoms with Gasteiger partial charge in [-0.2, -0.15) is 5.10 Å². The number of aryl methyl sites for hydroxylation is 2. The molecule has 1 aromatic heterocycles. The summed E-state index contributed by atoms with van der Waals surface area (Å²) in [5.41, 5.74) is 1.20. The molecule has 0 aromatic carbocycles. The molecule has 0 aliphatic carbocycles. The van der Waals surface area contributed by atoms with Crippen molar-refractivity contribution in [3.05, 3.63) is 11.4 Å². The molecule has 1 heterocycles. The van der Waals surface area contributed by atoms with E-state index in [2.05, 4.69) is 5.10 Å². The van der Waals surface area contributed by atoms with Crippen LogP contribution in [-0.4, -0.2) is 18.2 Å². The van der Waals surface area contributed by atoms with Gasteiger partial charge in [0.15, 0.2) is 0 Å². The molecule has 6 heteroatoms. The van der Waals surface area contributed by atoms with Gasteiger partial charge in [0.2, 0.25) is 0 Å². The molecule has 1 rings (SSSR count). The lowest BCUT2D eigenvalue weighted by atomic mass is 10.2. The van der Waals surface area contributed by atoms with Crippen molar-refractivity contribution >= 4 is 19.7 Å². The topological polar surface area (TPSA) is 52.0 Å². The van der Waals surface area contributed by atoms with E-state index in [9.17, 15) is 8.42 Å². The predicted octanol–water partition coefficient (Wildman–Crippen LogP) is 1.47. The Labute approximate surface area is 88.3 Å². The lowest BCUT2D eigenvalue weighted by Gasteiger charge is -1.99. The van der Waals surface area contributed by atoms with Gasteiger partial charge in [0.1, 0.15) is 4.90 Å². The molecular formula is C8H13ClN2O2S. The van der Waals surface area contributed by atoms with Gasteiger partial charge in [0.25, 0.3) is 9.05 Å².